The Labute approximate surface area is 485 Å². The molecule has 11 heteroatoms. The van der Waals surface area contributed by atoms with E-state index in [0.717, 1.165) is 77.0 Å². The van der Waals surface area contributed by atoms with E-state index >= 15 is 0 Å². The fraction of sp³-hybridized carbons (Fsp3) is 0.882. The van der Waals surface area contributed by atoms with E-state index in [1.165, 1.54) is 199 Å². The van der Waals surface area contributed by atoms with Crippen LogP contribution >= 0.6 is 0 Å². The fourth-order valence-corrected chi connectivity index (χ4v) is 10.6. The maximum absolute atomic E-state index is 13.5. The molecule has 0 bridgehead atoms. The first-order valence-electron chi connectivity index (χ1n) is 33.8. The number of unbranched alkanes of at least 4 members (excludes halogenated alkanes) is 40. The molecule has 464 valence electrons. The number of nitrogens with one attached hydrogen (secondary N) is 1. The molecule has 79 heavy (non-hydrogen) atoms. The van der Waals surface area contributed by atoms with Crippen molar-refractivity contribution in [2.45, 2.75) is 372 Å². The van der Waals surface area contributed by atoms with Crippen molar-refractivity contribution < 1.29 is 49.3 Å². The minimum Gasteiger partial charge on any atom is -0.454 e. The molecule has 1 fully saturated rings. The minimum absolute atomic E-state index is 0.115. The van der Waals surface area contributed by atoms with Crippen LogP contribution in [-0.4, -0.2) is 99.6 Å². The van der Waals surface area contributed by atoms with Crippen LogP contribution in [0.2, 0.25) is 0 Å². The summed E-state index contributed by atoms with van der Waals surface area (Å²) in [5.74, 6) is -1.19. The van der Waals surface area contributed by atoms with E-state index in [9.17, 15) is 35.1 Å². The first-order chi connectivity index (χ1) is 38.7. The number of allylic oxidation sites excluding steroid dienone is 5. The summed E-state index contributed by atoms with van der Waals surface area (Å²) in [5.41, 5.74) is 0. The number of rotatable bonds is 58. The van der Waals surface area contributed by atoms with Gasteiger partial charge in [-0.15, -0.1) is 0 Å². The summed E-state index contributed by atoms with van der Waals surface area (Å²) in [4.78, 5) is 26.5. The number of hydrogen-bond acceptors (Lipinski definition) is 10. The van der Waals surface area contributed by atoms with Crippen molar-refractivity contribution in [3.05, 3.63) is 36.5 Å². The zero-order chi connectivity index (χ0) is 57.5. The predicted molar refractivity (Wildman–Crippen MR) is 329 cm³/mol. The third-order valence-electron chi connectivity index (χ3n) is 16.0. The molecule has 1 aliphatic rings. The van der Waals surface area contributed by atoms with Crippen LogP contribution in [0.5, 0.6) is 0 Å². The summed E-state index contributed by atoms with van der Waals surface area (Å²) in [6, 6.07) is -1.02. The zero-order valence-corrected chi connectivity index (χ0v) is 51.5. The lowest BCUT2D eigenvalue weighted by Gasteiger charge is -2.41. The molecule has 0 aromatic carbocycles. The Bertz CT molecular complexity index is 1420. The SMILES string of the molecule is CCCC/C=C\CCCCCCCC(=O)OC1C(OCC(NC(=O)C(O)CCCCCCCCCCCCCCCCCC/C=C/CCCCCCCC)C(O)/C=C/CCCCCCCCCCCCC)OC(CO)C(O)C1O. The second-order valence-electron chi connectivity index (χ2n) is 23.6. The summed E-state index contributed by atoms with van der Waals surface area (Å²) in [7, 11) is 0. The van der Waals surface area contributed by atoms with E-state index in [1.807, 2.05) is 6.08 Å². The smallest absolute Gasteiger partial charge is 0.306 e. The lowest BCUT2D eigenvalue weighted by atomic mass is 9.99. The molecule has 1 rings (SSSR count). The van der Waals surface area contributed by atoms with E-state index in [0.29, 0.717) is 19.3 Å². The lowest BCUT2D eigenvalue weighted by molar-refractivity contribution is -0.305. The quantitative estimate of drug-likeness (QED) is 0.0195. The third kappa shape index (κ3) is 44.1. The van der Waals surface area contributed by atoms with Gasteiger partial charge in [0.1, 0.15) is 24.4 Å². The van der Waals surface area contributed by atoms with Gasteiger partial charge >= 0.3 is 5.97 Å². The maximum Gasteiger partial charge on any atom is 0.306 e. The van der Waals surface area contributed by atoms with Gasteiger partial charge < -0.3 is 45.1 Å². The molecular weight excluding hydrogens is 991 g/mol. The molecule has 1 heterocycles. The molecular formula is C68H127NO10. The molecule has 6 N–H and O–H groups in total. The first kappa shape index (κ1) is 74.9. The average molecular weight is 1120 g/mol. The molecule has 0 saturated carbocycles. The molecule has 0 aromatic rings. The van der Waals surface area contributed by atoms with Gasteiger partial charge in [0.25, 0.3) is 0 Å². The molecule has 1 saturated heterocycles. The first-order valence-corrected chi connectivity index (χ1v) is 33.8. The maximum atomic E-state index is 13.5. The Morgan fingerprint density at radius 1 is 0.481 bits per heavy atom. The van der Waals surface area contributed by atoms with E-state index in [-0.39, 0.29) is 13.0 Å². The molecule has 0 aliphatic carbocycles. The number of carbonyl (C=O) groups is 2. The summed E-state index contributed by atoms with van der Waals surface area (Å²) in [6.07, 6.45) is 57.8. The highest BCUT2D eigenvalue weighted by molar-refractivity contribution is 5.80. The van der Waals surface area contributed by atoms with E-state index in [4.69, 9.17) is 14.2 Å². The number of carbonyl (C=O) groups excluding carboxylic acids is 2. The van der Waals surface area contributed by atoms with Gasteiger partial charge in [0.15, 0.2) is 12.4 Å². The summed E-state index contributed by atoms with van der Waals surface area (Å²) in [6.45, 7) is 5.77. The zero-order valence-electron chi connectivity index (χ0n) is 51.5. The molecule has 1 aliphatic heterocycles. The van der Waals surface area contributed by atoms with Crippen molar-refractivity contribution in [3.63, 3.8) is 0 Å². The average Bonchev–Trinajstić information content (AvgIpc) is 3.46. The molecule has 11 nitrogen and oxygen atoms in total. The number of aliphatic hydroxyl groups is 5. The molecule has 0 aromatic heterocycles. The van der Waals surface area contributed by atoms with Crippen molar-refractivity contribution in [2.24, 2.45) is 0 Å². The van der Waals surface area contributed by atoms with Gasteiger partial charge in [0.2, 0.25) is 5.91 Å². The van der Waals surface area contributed by atoms with Crippen LogP contribution < -0.4 is 5.32 Å². The standard InChI is InChI=1S/C68H127NO10/c1-4-7-10-13-16-19-22-24-25-26-27-28-29-30-31-32-33-34-35-36-38-41-43-46-49-52-55-61(72)67(76)69-59(60(71)54-51-48-45-42-40-37-23-20-17-14-11-8-5-2)58-77-68-66(65(75)64(74)62(57-70)78-68)79-63(73)56-53-50-47-44-39-21-18-15-12-9-6-3/h15,18,24-25,51,54,59-62,64-66,68,70-72,74-75H,4-14,16-17,19-23,26-50,52-53,55-58H2,1-3H3,(H,69,76)/b18-15-,25-24+,54-51+. The van der Waals surface area contributed by atoms with E-state index in [2.05, 4.69) is 50.4 Å². The Morgan fingerprint density at radius 2 is 0.848 bits per heavy atom. The highest BCUT2D eigenvalue weighted by Crippen LogP contribution is 2.26. The Morgan fingerprint density at radius 3 is 1.27 bits per heavy atom. The molecule has 1 amide bonds. The Kier molecular flexibility index (Phi) is 53.4. The van der Waals surface area contributed by atoms with Crippen LogP contribution in [0, 0.1) is 0 Å². The predicted octanol–water partition coefficient (Wildman–Crippen LogP) is 16.6. The van der Waals surface area contributed by atoms with Crippen LogP contribution in [0.25, 0.3) is 0 Å². The molecule has 0 spiro atoms. The van der Waals surface area contributed by atoms with Crippen molar-refractivity contribution in [1.29, 1.82) is 0 Å². The monoisotopic (exact) mass is 1120 g/mol. The molecule has 8 atom stereocenters. The largest absolute Gasteiger partial charge is 0.454 e. The van der Waals surface area contributed by atoms with Gasteiger partial charge in [-0.05, 0) is 70.6 Å². The highest BCUT2D eigenvalue weighted by atomic mass is 16.7. The summed E-state index contributed by atoms with van der Waals surface area (Å²) >= 11 is 0. The van der Waals surface area contributed by atoms with Crippen molar-refractivity contribution in [2.75, 3.05) is 13.2 Å². The van der Waals surface area contributed by atoms with Crippen LogP contribution in [0.15, 0.2) is 36.5 Å². The number of esters is 1. The summed E-state index contributed by atoms with van der Waals surface area (Å²) < 4.78 is 17.6. The highest BCUT2D eigenvalue weighted by Gasteiger charge is 2.47. The van der Waals surface area contributed by atoms with Gasteiger partial charge in [-0.25, -0.2) is 0 Å². The molecule has 0 radical (unpaired) electrons. The van der Waals surface area contributed by atoms with Crippen molar-refractivity contribution in [3.8, 4) is 0 Å². The second-order valence-corrected chi connectivity index (χ2v) is 23.6. The minimum atomic E-state index is -1.61. The van der Waals surface area contributed by atoms with Gasteiger partial charge in [-0.1, -0.05) is 282 Å². The van der Waals surface area contributed by atoms with Gasteiger partial charge in [0.05, 0.1) is 25.4 Å². The second kappa shape index (κ2) is 56.4. The van der Waals surface area contributed by atoms with E-state index < -0.39 is 67.4 Å². The number of hydrogen-bond donors (Lipinski definition) is 6. The van der Waals surface area contributed by atoms with Gasteiger partial charge in [0, 0.05) is 6.42 Å². The summed E-state index contributed by atoms with van der Waals surface area (Å²) in [5, 5.41) is 57.0. The van der Waals surface area contributed by atoms with Crippen LogP contribution in [0.4, 0.5) is 0 Å². The van der Waals surface area contributed by atoms with Gasteiger partial charge in [-0.2, -0.15) is 0 Å². The fourth-order valence-electron chi connectivity index (χ4n) is 10.6. The number of aliphatic hydroxyl groups excluding tert-OH is 5. The third-order valence-corrected chi connectivity index (χ3v) is 16.0. The normalized spacial score (nSPS) is 19.0. The van der Waals surface area contributed by atoms with Crippen molar-refractivity contribution in [1.82, 2.24) is 5.32 Å². The Hall–Kier alpha value is -2.12. The molecule has 8 unspecified atom stereocenters. The van der Waals surface area contributed by atoms with E-state index in [1.54, 1.807) is 6.08 Å². The lowest BCUT2D eigenvalue weighted by Crippen LogP contribution is -2.61. The van der Waals surface area contributed by atoms with Crippen molar-refractivity contribution >= 4 is 11.9 Å². The topological polar surface area (TPSA) is 175 Å². The number of amides is 1. The van der Waals surface area contributed by atoms with Gasteiger partial charge in [-0.3, -0.25) is 9.59 Å². The Balaban J connectivity index is 2.55. The van der Waals surface area contributed by atoms with Crippen LogP contribution in [-0.2, 0) is 23.8 Å². The van der Waals surface area contributed by atoms with Crippen LogP contribution in [0.3, 0.4) is 0 Å². The van der Waals surface area contributed by atoms with Crippen LogP contribution in [0.1, 0.15) is 323 Å². The number of ether oxygens (including phenoxy) is 3.